The molecular weight excluding hydrogens is 871 g/mol. The molecule has 2 heteroatoms. The molecule has 0 aliphatic heterocycles. The van der Waals surface area contributed by atoms with Gasteiger partial charge in [-0.1, -0.05) is 212 Å². The first kappa shape index (κ1) is 40.6. The smallest absolute Gasteiger partial charge is 0.137 e. The van der Waals surface area contributed by atoms with Crippen molar-refractivity contribution in [2.24, 2.45) is 0 Å². The number of fused-ring (bicyclic) bond motifs is 19. The zero-order valence-electron chi connectivity index (χ0n) is 39.3. The summed E-state index contributed by atoms with van der Waals surface area (Å²) in [4.78, 5) is 2.27. The van der Waals surface area contributed by atoms with Gasteiger partial charge in [0.2, 0.25) is 0 Å². The van der Waals surface area contributed by atoms with Crippen LogP contribution in [0.15, 0.2) is 265 Å². The van der Waals surface area contributed by atoms with Gasteiger partial charge in [-0.2, -0.15) is 0 Å². The van der Waals surface area contributed by atoms with Crippen molar-refractivity contribution >= 4 is 51.2 Å². The van der Waals surface area contributed by atoms with Gasteiger partial charge in [0.15, 0.2) is 0 Å². The molecular formula is C70H45NO. The topological polar surface area (TPSA) is 16.4 Å². The number of hydrogen-bond donors (Lipinski definition) is 0. The summed E-state index contributed by atoms with van der Waals surface area (Å²) in [6.07, 6.45) is 4.39. The predicted molar refractivity (Wildman–Crippen MR) is 297 cm³/mol. The standard InChI is InChI=1S/C70H45NO/c1-3-17-50(18-4-1)71(51-19-5-2-6-20-51)52-39-41-58-57-40-35-47(43-67(57)72-68(58)45-52)32-31-46-33-36-48(37-34-46)49-38-42-65-66(44-49)70(61-27-13-9-23-55(61)56-24-10-14-28-62(56)70)64-30-16-15-29-63(64)69(65)59-25-11-7-21-53(59)54-22-8-12-26-60(54)69/h1-45H/b32-31+. The molecule has 3 aliphatic carbocycles. The fourth-order valence-corrected chi connectivity index (χ4v) is 13.0. The van der Waals surface area contributed by atoms with Gasteiger partial charge in [-0.3, -0.25) is 0 Å². The second-order valence-electron chi connectivity index (χ2n) is 19.5. The van der Waals surface area contributed by atoms with Crippen LogP contribution in [0.4, 0.5) is 17.1 Å². The minimum absolute atomic E-state index is 0.496. The first-order valence-electron chi connectivity index (χ1n) is 25.0. The molecule has 15 rings (SSSR count). The van der Waals surface area contributed by atoms with Crippen molar-refractivity contribution in [2.45, 2.75) is 10.8 Å². The highest BCUT2D eigenvalue weighted by molar-refractivity contribution is 6.07. The third-order valence-corrected chi connectivity index (χ3v) is 15.9. The van der Waals surface area contributed by atoms with Crippen molar-refractivity contribution in [3.63, 3.8) is 0 Å². The Labute approximate surface area is 419 Å². The van der Waals surface area contributed by atoms with Gasteiger partial charge >= 0.3 is 0 Å². The Hall–Kier alpha value is -9.24. The Morgan fingerprint density at radius 2 is 0.681 bits per heavy atom. The van der Waals surface area contributed by atoms with Crippen LogP contribution in [0.3, 0.4) is 0 Å². The molecule has 0 radical (unpaired) electrons. The maximum atomic E-state index is 6.61. The minimum Gasteiger partial charge on any atom is -0.456 e. The van der Waals surface area contributed by atoms with Crippen molar-refractivity contribution in [2.75, 3.05) is 4.90 Å². The highest BCUT2D eigenvalue weighted by Gasteiger charge is 2.58. The molecule has 72 heavy (non-hydrogen) atoms. The molecule has 1 heterocycles. The van der Waals surface area contributed by atoms with Crippen LogP contribution >= 0.6 is 0 Å². The zero-order valence-corrected chi connectivity index (χ0v) is 39.3. The summed E-state index contributed by atoms with van der Waals surface area (Å²) >= 11 is 0. The SMILES string of the molecule is C(=C\c1ccc2c(c1)oc1cc(N(c3ccccc3)c3ccccc3)ccc12)/c1ccc(-c2ccc3c(c2)C2(c4ccccc4-c4ccccc42)c2ccccc2C32c3ccccc3-c3ccccc32)cc1. The van der Waals surface area contributed by atoms with Gasteiger partial charge in [0.05, 0.1) is 10.8 Å². The Bertz CT molecular complexity index is 4030. The van der Waals surface area contributed by atoms with E-state index in [9.17, 15) is 0 Å². The van der Waals surface area contributed by atoms with Crippen LogP contribution in [0, 0.1) is 0 Å². The summed E-state index contributed by atoms with van der Waals surface area (Å²) in [5.74, 6) is 0. The number of nitrogens with zero attached hydrogens (tertiary/aromatic N) is 1. The van der Waals surface area contributed by atoms with Crippen molar-refractivity contribution < 1.29 is 4.42 Å². The molecule has 0 atom stereocenters. The van der Waals surface area contributed by atoms with Crippen LogP contribution in [-0.2, 0) is 10.8 Å². The third-order valence-electron chi connectivity index (χ3n) is 15.9. The van der Waals surface area contributed by atoms with E-state index in [1.165, 1.54) is 77.9 Å². The van der Waals surface area contributed by atoms with Crippen molar-refractivity contribution in [3.05, 3.63) is 316 Å². The third kappa shape index (κ3) is 5.66. The van der Waals surface area contributed by atoms with Gasteiger partial charge in [0, 0.05) is 33.9 Å². The first-order chi connectivity index (χ1) is 35.7. The first-order valence-corrected chi connectivity index (χ1v) is 25.0. The largest absolute Gasteiger partial charge is 0.456 e. The molecule has 0 saturated carbocycles. The number of benzene rings is 11. The maximum Gasteiger partial charge on any atom is 0.137 e. The van der Waals surface area contributed by atoms with E-state index in [0.717, 1.165) is 50.1 Å². The van der Waals surface area contributed by atoms with Gasteiger partial charge in [0.25, 0.3) is 0 Å². The second kappa shape index (κ2) is 15.6. The maximum absolute atomic E-state index is 6.61. The lowest BCUT2D eigenvalue weighted by molar-refractivity contribution is 0.633. The van der Waals surface area contributed by atoms with E-state index < -0.39 is 10.8 Å². The predicted octanol–water partition coefficient (Wildman–Crippen LogP) is 17.9. The molecule has 11 aromatic carbocycles. The lowest BCUT2D eigenvalue weighted by Gasteiger charge is -2.49. The van der Waals surface area contributed by atoms with Gasteiger partial charge < -0.3 is 9.32 Å². The monoisotopic (exact) mass is 915 g/mol. The average Bonchev–Trinajstić information content (AvgIpc) is 4.07. The summed E-state index contributed by atoms with van der Waals surface area (Å²) in [5, 5.41) is 2.21. The van der Waals surface area contributed by atoms with Gasteiger partial charge in [0.1, 0.15) is 11.2 Å². The van der Waals surface area contributed by atoms with Crippen LogP contribution in [-0.4, -0.2) is 0 Å². The molecule has 12 aromatic rings. The van der Waals surface area contributed by atoms with Crippen LogP contribution in [0.1, 0.15) is 55.6 Å². The lowest BCUT2D eigenvalue weighted by atomic mass is 9.52. The molecule has 336 valence electrons. The van der Waals surface area contributed by atoms with Crippen LogP contribution < -0.4 is 4.90 Å². The van der Waals surface area contributed by atoms with E-state index in [1.54, 1.807) is 0 Å². The van der Waals surface area contributed by atoms with Crippen molar-refractivity contribution in [3.8, 4) is 33.4 Å². The fourth-order valence-electron chi connectivity index (χ4n) is 13.0. The molecule has 0 bridgehead atoms. The molecule has 0 fully saturated rings. The molecule has 0 N–H and O–H groups in total. The Kier molecular flexibility index (Phi) is 8.82. The van der Waals surface area contributed by atoms with Crippen LogP contribution in [0.25, 0.3) is 67.5 Å². The number of furan rings is 1. The second-order valence-corrected chi connectivity index (χ2v) is 19.5. The van der Waals surface area contributed by atoms with Crippen LogP contribution in [0.2, 0.25) is 0 Å². The normalized spacial score (nSPS) is 14.0. The minimum atomic E-state index is -0.524. The summed E-state index contributed by atoms with van der Waals surface area (Å²) in [6.45, 7) is 0. The van der Waals surface area contributed by atoms with Crippen molar-refractivity contribution in [1.29, 1.82) is 0 Å². The average molecular weight is 916 g/mol. The fraction of sp³-hybridized carbons (Fsp3) is 0.0286. The summed E-state index contributed by atoms with van der Waals surface area (Å²) < 4.78 is 6.61. The summed E-state index contributed by atoms with van der Waals surface area (Å²) in [5.41, 5.74) is 24.6. The molecule has 2 spiro atoms. The number of anilines is 3. The van der Waals surface area contributed by atoms with Gasteiger partial charge in [-0.25, -0.2) is 0 Å². The van der Waals surface area contributed by atoms with E-state index in [0.29, 0.717) is 0 Å². The quantitative estimate of drug-likeness (QED) is 0.155. The highest BCUT2D eigenvalue weighted by atomic mass is 16.3. The summed E-state index contributed by atoms with van der Waals surface area (Å²) in [7, 11) is 0. The van der Waals surface area contributed by atoms with E-state index in [4.69, 9.17) is 4.42 Å². The van der Waals surface area contributed by atoms with E-state index in [2.05, 4.69) is 278 Å². The van der Waals surface area contributed by atoms with Crippen LogP contribution in [0.5, 0.6) is 0 Å². The molecule has 3 aliphatic rings. The van der Waals surface area contributed by atoms with Gasteiger partial charge in [-0.05, 0) is 144 Å². The van der Waals surface area contributed by atoms with E-state index >= 15 is 0 Å². The molecule has 0 saturated heterocycles. The molecule has 0 amide bonds. The van der Waals surface area contributed by atoms with E-state index in [-0.39, 0.29) is 0 Å². The lowest BCUT2D eigenvalue weighted by Crippen LogP contribution is -2.43. The molecule has 2 nitrogen and oxygen atoms in total. The Morgan fingerprint density at radius 1 is 0.278 bits per heavy atom. The molecule has 1 aromatic heterocycles. The number of rotatable bonds is 6. The number of para-hydroxylation sites is 2. The van der Waals surface area contributed by atoms with E-state index in [1.807, 2.05) is 0 Å². The molecule has 0 unspecified atom stereocenters. The number of hydrogen-bond acceptors (Lipinski definition) is 2. The summed E-state index contributed by atoms with van der Waals surface area (Å²) in [6, 6.07) is 96.3. The highest BCUT2D eigenvalue weighted by Crippen LogP contribution is 2.67. The van der Waals surface area contributed by atoms with Gasteiger partial charge in [-0.15, -0.1) is 0 Å². The Balaban J connectivity index is 0.820. The zero-order chi connectivity index (χ0) is 47.4. The Morgan fingerprint density at radius 3 is 1.22 bits per heavy atom. The van der Waals surface area contributed by atoms with Crippen molar-refractivity contribution in [1.82, 2.24) is 0 Å².